The fourth-order valence-corrected chi connectivity index (χ4v) is 4.74. The van der Waals surface area contributed by atoms with Crippen molar-refractivity contribution in [1.29, 1.82) is 0 Å². The topological polar surface area (TPSA) is 66.5 Å². The summed E-state index contributed by atoms with van der Waals surface area (Å²) in [6.07, 6.45) is 0. The number of nitrogens with one attached hydrogen (secondary N) is 1. The van der Waals surface area contributed by atoms with E-state index in [1.165, 1.54) is 22.0 Å². The van der Waals surface area contributed by atoms with E-state index in [9.17, 15) is 13.2 Å². The summed E-state index contributed by atoms with van der Waals surface area (Å²) in [5, 5.41) is 2.80. The number of benzene rings is 3. The van der Waals surface area contributed by atoms with Gasteiger partial charge in [-0.1, -0.05) is 72.2 Å². The van der Waals surface area contributed by atoms with Crippen LogP contribution in [0.1, 0.15) is 30.9 Å². The molecule has 0 aliphatic rings. The zero-order valence-electron chi connectivity index (χ0n) is 17.5. The van der Waals surface area contributed by atoms with Gasteiger partial charge in [0.1, 0.15) is 0 Å². The van der Waals surface area contributed by atoms with Gasteiger partial charge in [0.25, 0.3) is 0 Å². The van der Waals surface area contributed by atoms with Crippen LogP contribution in [0.25, 0.3) is 0 Å². The van der Waals surface area contributed by atoms with E-state index in [4.69, 9.17) is 0 Å². The van der Waals surface area contributed by atoms with E-state index in [1.807, 2.05) is 48.5 Å². The Balaban J connectivity index is 1.81. The van der Waals surface area contributed by atoms with Crippen LogP contribution >= 0.6 is 15.9 Å². The molecule has 0 atom stereocenters. The first-order valence-electron chi connectivity index (χ1n) is 9.95. The molecular weight excluding hydrogens is 476 g/mol. The molecule has 0 radical (unpaired) electrons. The molecule has 1 N–H and O–H groups in total. The highest BCUT2D eigenvalue weighted by Gasteiger charge is 2.27. The molecule has 3 aromatic carbocycles. The second-order valence-electron chi connectivity index (χ2n) is 7.54. The van der Waals surface area contributed by atoms with Crippen LogP contribution in [-0.4, -0.2) is 25.2 Å². The minimum atomic E-state index is -3.85. The van der Waals surface area contributed by atoms with Crippen LogP contribution in [0.3, 0.4) is 0 Å². The largest absolute Gasteiger partial charge is 0.325 e. The summed E-state index contributed by atoms with van der Waals surface area (Å²) < 4.78 is 28.6. The van der Waals surface area contributed by atoms with Gasteiger partial charge in [-0.25, -0.2) is 8.42 Å². The number of hydrogen-bond acceptors (Lipinski definition) is 3. The minimum Gasteiger partial charge on any atom is -0.325 e. The van der Waals surface area contributed by atoms with Crippen molar-refractivity contribution in [3.8, 4) is 0 Å². The van der Waals surface area contributed by atoms with Gasteiger partial charge in [0.15, 0.2) is 0 Å². The lowest BCUT2D eigenvalue weighted by Crippen LogP contribution is -2.37. The predicted molar refractivity (Wildman–Crippen MR) is 127 cm³/mol. The number of hydrogen-bond donors (Lipinski definition) is 1. The molecule has 31 heavy (non-hydrogen) atoms. The summed E-state index contributed by atoms with van der Waals surface area (Å²) >= 11 is 3.38. The average molecular weight is 501 g/mol. The van der Waals surface area contributed by atoms with Gasteiger partial charge in [-0.3, -0.25) is 4.79 Å². The van der Waals surface area contributed by atoms with E-state index in [1.54, 1.807) is 18.2 Å². The monoisotopic (exact) mass is 500 g/mol. The zero-order valence-corrected chi connectivity index (χ0v) is 19.9. The van der Waals surface area contributed by atoms with Crippen molar-refractivity contribution < 1.29 is 13.2 Å². The van der Waals surface area contributed by atoms with Crippen LogP contribution in [-0.2, 0) is 21.4 Å². The molecule has 1 amide bonds. The lowest BCUT2D eigenvalue weighted by Gasteiger charge is -2.22. The van der Waals surface area contributed by atoms with Crippen molar-refractivity contribution >= 4 is 37.5 Å². The van der Waals surface area contributed by atoms with E-state index < -0.39 is 15.9 Å². The molecule has 5 nitrogen and oxygen atoms in total. The normalized spacial score (nSPS) is 11.6. The van der Waals surface area contributed by atoms with Gasteiger partial charge in [-0.2, -0.15) is 4.31 Å². The van der Waals surface area contributed by atoms with Gasteiger partial charge < -0.3 is 5.32 Å². The maximum atomic E-state index is 13.2. The van der Waals surface area contributed by atoms with Gasteiger partial charge >= 0.3 is 0 Å². The first-order chi connectivity index (χ1) is 14.8. The van der Waals surface area contributed by atoms with Crippen molar-refractivity contribution in [2.45, 2.75) is 31.2 Å². The molecule has 0 aliphatic heterocycles. The Hall–Kier alpha value is -2.48. The fraction of sp³-hybridized carbons (Fsp3) is 0.208. The SMILES string of the molecule is CC(C)c1ccc(NC(=O)CN(Cc2ccc(Br)cc2)S(=O)(=O)c2ccccc2)cc1. The Morgan fingerprint density at radius 2 is 1.55 bits per heavy atom. The van der Waals surface area contributed by atoms with Crippen LogP contribution in [0.5, 0.6) is 0 Å². The third kappa shape index (κ3) is 6.26. The van der Waals surface area contributed by atoms with Crippen molar-refractivity contribution in [3.05, 3.63) is 94.5 Å². The molecule has 0 aliphatic carbocycles. The Bertz CT molecular complexity index is 1110. The molecule has 3 aromatic rings. The molecule has 0 aromatic heterocycles. The van der Waals surface area contributed by atoms with E-state index >= 15 is 0 Å². The lowest BCUT2D eigenvalue weighted by atomic mass is 10.0. The Morgan fingerprint density at radius 1 is 0.935 bits per heavy atom. The molecule has 0 spiro atoms. The summed E-state index contributed by atoms with van der Waals surface area (Å²) in [7, 11) is -3.85. The lowest BCUT2D eigenvalue weighted by molar-refractivity contribution is -0.116. The van der Waals surface area contributed by atoms with Crippen molar-refractivity contribution in [1.82, 2.24) is 4.31 Å². The van der Waals surface area contributed by atoms with Gasteiger partial charge in [-0.05, 0) is 53.4 Å². The molecule has 0 saturated heterocycles. The number of amides is 1. The molecule has 0 heterocycles. The highest BCUT2D eigenvalue weighted by atomic mass is 79.9. The number of nitrogens with zero attached hydrogens (tertiary/aromatic N) is 1. The van der Waals surface area contributed by atoms with Gasteiger partial charge in [0.05, 0.1) is 11.4 Å². The van der Waals surface area contributed by atoms with Crippen molar-refractivity contribution in [2.75, 3.05) is 11.9 Å². The second-order valence-corrected chi connectivity index (χ2v) is 10.4. The van der Waals surface area contributed by atoms with Crippen LogP contribution in [0.2, 0.25) is 0 Å². The molecule has 3 rings (SSSR count). The van der Waals surface area contributed by atoms with Crippen LogP contribution in [0.15, 0.2) is 88.2 Å². The average Bonchev–Trinajstić information content (AvgIpc) is 2.75. The Morgan fingerprint density at radius 3 is 2.13 bits per heavy atom. The van der Waals surface area contributed by atoms with E-state index in [-0.39, 0.29) is 18.0 Å². The summed E-state index contributed by atoms with van der Waals surface area (Å²) in [5.41, 5.74) is 2.59. The van der Waals surface area contributed by atoms with Crippen molar-refractivity contribution in [3.63, 3.8) is 0 Å². The smallest absolute Gasteiger partial charge is 0.243 e. The highest BCUT2D eigenvalue weighted by molar-refractivity contribution is 9.10. The molecule has 0 unspecified atom stereocenters. The number of halogens is 1. The minimum absolute atomic E-state index is 0.0875. The zero-order chi connectivity index (χ0) is 22.4. The first kappa shape index (κ1) is 23.2. The fourth-order valence-electron chi connectivity index (χ4n) is 3.07. The molecule has 0 bridgehead atoms. The first-order valence-corrected chi connectivity index (χ1v) is 12.2. The number of sulfonamides is 1. The number of anilines is 1. The van der Waals surface area contributed by atoms with E-state index in [0.29, 0.717) is 11.6 Å². The van der Waals surface area contributed by atoms with Gasteiger partial charge in [0, 0.05) is 16.7 Å². The van der Waals surface area contributed by atoms with Crippen LogP contribution < -0.4 is 5.32 Å². The third-order valence-electron chi connectivity index (χ3n) is 4.83. The van der Waals surface area contributed by atoms with Crippen LogP contribution in [0.4, 0.5) is 5.69 Å². The Labute approximate surface area is 192 Å². The van der Waals surface area contributed by atoms with Crippen molar-refractivity contribution in [2.24, 2.45) is 0 Å². The van der Waals surface area contributed by atoms with E-state index in [2.05, 4.69) is 35.1 Å². The quantitative estimate of drug-likeness (QED) is 0.450. The molecule has 162 valence electrons. The molecular formula is C24H25BrN2O3S. The molecule has 7 heteroatoms. The van der Waals surface area contributed by atoms with Crippen LogP contribution in [0, 0.1) is 0 Å². The summed E-state index contributed by atoms with van der Waals surface area (Å²) in [6, 6.07) is 23.1. The summed E-state index contributed by atoms with van der Waals surface area (Å²) in [6.45, 7) is 3.99. The third-order valence-corrected chi connectivity index (χ3v) is 7.17. The molecule has 0 saturated carbocycles. The Kier molecular flexibility index (Phi) is 7.64. The standard InChI is InChI=1S/C24H25BrN2O3S/c1-18(2)20-10-14-22(15-11-20)26-24(28)17-27(16-19-8-12-21(25)13-9-19)31(29,30)23-6-4-3-5-7-23/h3-15,18H,16-17H2,1-2H3,(H,26,28). The maximum absolute atomic E-state index is 13.2. The number of rotatable bonds is 8. The number of carbonyl (C=O) groups excluding carboxylic acids is 1. The second kappa shape index (κ2) is 10.2. The predicted octanol–water partition coefficient (Wildman–Crippen LogP) is 5.40. The summed E-state index contributed by atoms with van der Waals surface area (Å²) in [4.78, 5) is 12.9. The number of carbonyl (C=O) groups is 1. The van der Waals surface area contributed by atoms with E-state index in [0.717, 1.165) is 10.0 Å². The van der Waals surface area contributed by atoms with Gasteiger partial charge in [0.2, 0.25) is 15.9 Å². The van der Waals surface area contributed by atoms with Gasteiger partial charge in [-0.15, -0.1) is 0 Å². The summed E-state index contributed by atoms with van der Waals surface area (Å²) in [5.74, 6) is -0.00363. The molecule has 0 fully saturated rings. The maximum Gasteiger partial charge on any atom is 0.243 e. The highest BCUT2D eigenvalue weighted by Crippen LogP contribution is 2.21.